The molecule has 0 unspecified atom stereocenters. The third-order valence-electron chi connectivity index (χ3n) is 4.92. The molecule has 3 heterocycles. The van der Waals surface area contributed by atoms with Crippen LogP contribution in [0.25, 0.3) is 0 Å². The Kier molecular flexibility index (Phi) is 5.41. The van der Waals surface area contributed by atoms with Crippen molar-refractivity contribution in [2.45, 2.75) is 19.4 Å². The molecule has 0 amide bonds. The minimum Gasteiger partial charge on any atom is -0.478 e. The topological polar surface area (TPSA) is 96.2 Å². The van der Waals surface area contributed by atoms with Crippen molar-refractivity contribution in [3.8, 4) is 0 Å². The van der Waals surface area contributed by atoms with E-state index in [0.29, 0.717) is 46.4 Å². The zero-order chi connectivity index (χ0) is 21.3. The van der Waals surface area contributed by atoms with Crippen LogP contribution in [0.5, 0.6) is 0 Å². The van der Waals surface area contributed by atoms with Gasteiger partial charge in [-0.1, -0.05) is 11.6 Å². The lowest BCUT2D eigenvalue weighted by molar-refractivity contribution is 0.0697. The second kappa shape index (κ2) is 8.16. The van der Waals surface area contributed by atoms with Crippen LogP contribution >= 0.6 is 11.6 Å². The average molecular weight is 429 g/mol. The van der Waals surface area contributed by atoms with Crippen molar-refractivity contribution >= 4 is 34.8 Å². The summed E-state index contributed by atoms with van der Waals surface area (Å²) in [7, 11) is 0. The van der Waals surface area contributed by atoms with Crippen molar-refractivity contribution in [3.05, 3.63) is 80.6 Å². The molecule has 4 rings (SSSR count). The minimum atomic E-state index is -1.12. The largest absolute Gasteiger partial charge is 0.478 e. The van der Waals surface area contributed by atoms with Crippen molar-refractivity contribution < 1.29 is 14.3 Å². The Morgan fingerprint density at radius 2 is 2.10 bits per heavy atom. The van der Waals surface area contributed by atoms with E-state index >= 15 is 0 Å². The first-order chi connectivity index (χ1) is 14.4. The fourth-order valence-corrected chi connectivity index (χ4v) is 3.69. The first-order valence-electron chi connectivity index (χ1n) is 9.33. The van der Waals surface area contributed by atoms with Gasteiger partial charge in [0, 0.05) is 42.5 Å². The number of nitrogens with one attached hydrogen (secondary N) is 2. The van der Waals surface area contributed by atoms with Crippen LogP contribution in [0.15, 0.2) is 47.5 Å². The van der Waals surface area contributed by atoms with Gasteiger partial charge in [0.2, 0.25) is 0 Å². The smallest absolute Gasteiger partial charge is 0.339 e. The van der Waals surface area contributed by atoms with E-state index in [1.165, 1.54) is 30.6 Å². The number of aromatic carboxylic acids is 1. The molecular weight excluding hydrogens is 411 g/mol. The molecule has 154 valence electrons. The standard InChI is InChI=1S/C21H18ClFN4O3/c22-14-2-3-16(23)12(9-14)8-13-10-18(19-25-5-1-7-27(19)20(13)28)26-17-4-6-24-11-15(17)21(29)30/h2-4,6,9-11,25H,1,5,7-8H2,(H,24,26)(H,29,30). The molecule has 9 heteroatoms. The highest BCUT2D eigenvalue weighted by Gasteiger charge is 2.20. The van der Waals surface area contributed by atoms with Crippen molar-refractivity contribution in [2.24, 2.45) is 0 Å². The second-order valence-electron chi connectivity index (χ2n) is 6.93. The molecule has 2 aromatic heterocycles. The Hall–Kier alpha value is -3.39. The Morgan fingerprint density at radius 3 is 2.90 bits per heavy atom. The van der Waals surface area contributed by atoms with Gasteiger partial charge in [0.1, 0.15) is 17.2 Å². The van der Waals surface area contributed by atoms with Gasteiger partial charge >= 0.3 is 5.97 Å². The molecule has 3 aromatic rings. The first kappa shape index (κ1) is 19.9. The van der Waals surface area contributed by atoms with Gasteiger partial charge in [-0.3, -0.25) is 14.3 Å². The molecular formula is C21H18ClFN4O3. The Balaban J connectivity index is 1.81. The van der Waals surface area contributed by atoms with Crippen LogP contribution < -0.4 is 16.2 Å². The number of pyridine rings is 2. The highest BCUT2D eigenvalue weighted by Crippen LogP contribution is 2.30. The zero-order valence-electron chi connectivity index (χ0n) is 15.8. The van der Waals surface area contributed by atoms with E-state index in [1.54, 1.807) is 16.7 Å². The van der Waals surface area contributed by atoms with Gasteiger partial charge in [0.25, 0.3) is 5.56 Å². The number of nitrogens with zero attached hydrogens (tertiary/aromatic N) is 2. The molecule has 0 spiro atoms. The van der Waals surface area contributed by atoms with Crippen LogP contribution in [0.4, 0.5) is 21.6 Å². The monoisotopic (exact) mass is 428 g/mol. The van der Waals surface area contributed by atoms with E-state index in [1.807, 2.05) is 0 Å². The maximum Gasteiger partial charge on any atom is 0.339 e. The van der Waals surface area contributed by atoms with Crippen molar-refractivity contribution in [2.75, 3.05) is 17.2 Å². The molecule has 30 heavy (non-hydrogen) atoms. The van der Waals surface area contributed by atoms with E-state index in [4.69, 9.17) is 11.6 Å². The molecule has 0 radical (unpaired) electrons. The van der Waals surface area contributed by atoms with E-state index in [-0.39, 0.29) is 17.5 Å². The van der Waals surface area contributed by atoms with E-state index < -0.39 is 11.8 Å². The molecule has 3 N–H and O–H groups in total. The molecule has 1 aromatic carbocycles. The van der Waals surface area contributed by atoms with E-state index in [0.717, 1.165) is 6.42 Å². The summed E-state index contributed by atoms with van der Waals surface area (Å²) < 4.78 is 15.8. The summed E-state index contributed by atoms with van der Waals surface area (Å²) in [5.41, 5.74) is 1.32. The minimum absolute atomic E-state index is 0.000644. The molecule has 0 saturated heterocycles. The summed E-state index contributed by atoms with van der Waals surface area (Å²) in [6, 6.07) is 7.39. The van der Waals surface area contributed by atoms with Crippen LogP contribution in [0.1, 0.15) is 27.9 Å². The number of benzene rings is 1. The number of rotatable bonds is 5. The maximum atomic E-state index is 14.2. The summed E-state index contributed by atoms with van der Waals surface area (Å²) in [5.74, 6) is -1.01. The van der Waals surface area contributed by atoms with Gasteiger partial charge in [-0.05, 0) is 42.3 Å². The summed E-state index contributed by atoms with van der Waals surface area (Å²) in [6.07, 6.45) is 3.55. The van der Waals surface area contributed by atoms with E-state index in [9.17, 15) is 19.1 Å². The SMILES string of the molecule is O=C(O)c1cnccc1Nc1cc(Cc2cc(Cl)ccc2F)c(=O)n2c1NCCC2. The van der Waals surface area contributed by atoms with E-state index in [2.05, 4.69) is 15.6 Å². The van der Waals surface area contributed by atoms with Gasteiger partial charge < -0.3 is 15.7 Å². The van der Waals surface area contributed by atoms with Crippen LogP contribution in [-0.2, 0) is 13.0 Å². The normalized spacial score (nSPS) is 12.7. The molecule has 0 saturated carbocycles. The van der Waals surface area contributed by atoms with Crippen LogP contribution in [0.2, 0.25) is 5.02 Å². The molecule has 0 aliphatic carbocycles. The highest BCUT2D eigenvalue weighted by molar-refractivity contribution is 6.30. The lowest BCUT2D eigenvalue weighted by Gasteiger charge is -2.25. The number of anilines is 3. The van der Waals surface area contributed by atoms with Gasteiger partial charge in [0.15, 0.2) is 0 Å². The number of carbonyl (C=O) groups is 1. The second-order valence-corrected chi connectivity index (χ2v) is 7.37. The quantitative estimate of drug-likeness (QED) is 0.570. The fourth-order valence-electron chi connectivity index (χ4n) is 3.50. The summed E-state index contributed by atoms with van der Waals surface area (Å²) in [4.78, 5) is 28.4. The van der Waals surface area contributed by atoms with Gasteiger partial charge in [-0.15, -0.1) is 0 Å². The number of carboxylic acids is 1. The predicted octanol–water partition coefficient (Wildman–Crippen LogP) is 3.88. The molecule has 0 fully saturated rings. The summed E-state index contributed by atoms with van der Waals surface area (Å²) in [5, 5.41) is 16.1. The third-order valence-corrected chi connectivity index (χ3v) is 5.16. The Morgan fingerprint density at radius 1 is 1.27 bits per heavy atom. The lowest BCUT2D eigenvalue weighted by Crippen LogP contribution is -2.32. The van der Waals surface area contributed by atoms with Gasteiger partial charge in [0.05, 0.1) is 11.4 Å². The van der Waals surface area contributed by atoms with Crippen LogP contribution in [0.3, 0.4) is 0 Å². The Labute approximate surface area is 176 Å². The highest BCUT2D eigenvalue weighted by atomic mass is 35.5. The van der Waals surface area contributed by atoms with Crippen molar-refractivity contribution in [3.63, 3.8) is 0 Å². The average Bonchev–Trinajstić information content (AvgIpc) is 2.74. The Bertz CT molecular complexity index is 1200. The van der Waals surface area contributed by atoms with Gasteiger partial charge in [-0.2, -0.15) is 0 Å². The zero-order valence-corrected chi connectivity index (χ0v) is 16.5. The molecule has 1 aliphatic rings. The summed E-state index contributed by atoms with van der Waals surface area (Å²) in [6.45, 7) is 1.18. The number of aromatic nitrogens is 2. The number of hydrogen-bond donors (Lipinski definition) is 3. The van der Waals surface area contributed by atoms with Crippen molar-refractivity contribution in [1.82, 2.24) is 9.55 Å². The lowest BCUT2D eigenvalue weighted by atomic mass is 10.0. The van der Waals surface area contributed by atoms with Crippen LogP contribution in [-0.4, -0.2) is 27.2 Å². The molecule has 0 atom stereocenters. The van der Waals surface area contributed by atoms with Crippen LogP contribution in [0, 0.1) is 5.82 Å². The third kappa shape index (κ3) is 3.86. The van der Waals surface area contributed by atoms with Gasteiger partial charge in [-0.25, -0.2) is 9.18 Å². The van der Waals surface area contributed by atoms with Crippen molar-refractivity contribution in [1.29, 1.82) is 0 Å². The first-order valence-corrected chi connectivity index (χ1v) is 9.70. The maximum absolute atomic E-state index is 14.2. The predicted molar refractivity (Wildman–Crippen MR) is 113 cm³/mol. The number of halogens is 2. The molecule has 0 bridgehead atoms. The number of hydrogen-bond acceptors (Lipinski definition) is 5. The molecule has 7 nitrogen and oxygen atoms in total. The fraction of sp³-hybridized carbons (Fsp3) is 0.190. The molecule has 1 aliphatic heterocycles. The number of carboxylic acid groups (broad SMARTS) is 1. The number of fused-ring (bicyclic) bond motifs is 1. The summed E-state index contributed by atoms with van der Waals surface area (Å²) >= 11 is 5.99.